The third-order valence-electron chi connectivity index (χ3n) is 10.9. The van der Waals surface area contributed by atoms with Gasteiger partial charge in [-0.15, -0.1) is 0 Å². The highest BCUT2D eigenvalue weighted by Gasteiger charge is 2.28. The summed E-state index contributed by atoms with van der Waals surface area (Å²) in [7, 11) is 0. The fourth-order valence-corrected chi connectivity index (χ4v) is 9.48. The molecule has 2 heterocycles. The number of aromatic nitrogens is 1. The van der Waals surface area contributed by atoms with Crippen LogP contribution in [-0.4, -0.2) is 4.57 Å². The Labute approximate surface area is 312 Å². The minimum absolute atomic E-state index is 1.08. The molecule has 8 aromatic carbocycles. The van der Waals surface area contributed by atoms with Crippen molar-refractivity contribution in [1.82, 2.24) is 4.57 Å². The van der Waals surface area contributed by atoms with Crippen molar-refractivity contribution in [3.05, 3.63) is 200 Å². The van der Waals surface area contributed by atoms with Gasteiger partial charge in [0, 0.05) is 37.5 Å². The van der Waals surface area contributed by atoms with E-state index in [-0.39, 0.29) is 0 Å². The van der Waals surface area contributed by atoms with Crippen LogP contribution in [0, 0.1) is 0 Å². The third-order valence-corrected chi connectivity index (χ3v) is 12.0. The average molecular weight is 693 g/mol. The van der Waals surface area contributed by atoms with Gasteiger partial charge < -0.3 is 9.47 Å². The Morgan fingerprint density at radius 3 is 1.70 bits per heavy atom. The van der Waals surface area contributed by atoms with Crippen LogP contribution in [-0.2, 0) is 0 Å². The van der Waals surface area contributed by atoms with E-state index in [1.165, 1.54) is 87.5 Å². The number of para-hydroxylation sites is 2. The van der Waals surface area contributed by atoms with Crippen molar-refractivity contribution < 1.29 is 0 Å². The van der Waals surface area contributed by atoms with Crippen molar-refractivity contribution >= 4 is 56.2 Å². The number of rotatable bonds is 4. The molecule has 1 aliphatic carbocycles. The first-order valence-electron chi connectivity index (χ1n) is 18.0. The van der Waals surface area contributed by atoms with Crippen LogP contribution in [0.5, 0.6) is 0 Å². The maximum Gasteiger partial charge on any atom is 0.0625 e. The lowest BCUT2D eigenvalue weighted by Gasteiger charge is -2.32. The second kappa shape index (κ2) is 11.7. The highest BCUT2D eigenvalue weighted by molar-refractivity contribution is 7.99. The van der Waals surface area contributed by atoms with E-state index in [1.807, 2.05) is 11.8 Å². The maximum absolute atomic E-state index is 4.67. The summed E-state index contributed by atoms with van der Waals surface area (Å²) in [5.74, 6) is 0. The van der Waals surface area contributed by atoms with E-state index in [2.05, 4.69) is 198 Å². The van der Waals surface area contributed by atoms with E-state index in [0.29, 0.717) is 0 Å². The van der Waals surface area contributed by atoms with Gasteiger partial charge in [-0.25, -0.2) is 0 Å². The van der Waals surface area contributed by atoms with E-state index < -0.39 is 0 Å². The van der Waals surface area contributed by atoms with Gasteiger partial charge in [0.1, 0.15) is 0 Å². The Hall–Kier alpha value is -6.55. The summed E-state index contributed by atoms with van der Waals surface area (Å²) in [6, 6.07) is 66.2. The molecule has 1 aliphatic heterocycles. The molecule has 0 N–H and O–H groups in total. The molecule has 248 valence electrons. The molecule has 9 aromatic rings. The number of hydrogen-bond donors (Lipinski definition) is 0. The van der Waals surface area contributed by atoms with Crippen molar-refractivity contribution in [3.8, 4) is 39.1 Å². The van der Waals surface area contributed by atoms with Crippen molar-refractivity contribution in [3.63, 3.8) is 0 Å². The van der Waals surface area contributed by atoms with Crippen LogP contribution in [0.4, 0.5) is 17.1 Å². The standard InChI is InChI=1S/C50H32N2S/c1-32-39-13-5-6-14-40(39)41-28-29-42-43-31-36(23-30-44(43)52(50(42)49(32)41)38-26-19-34(20-27-38)33-11-3-2-4-12-33)35-21-24-37(25-22-35)51-45-15-7-9-17-47(45)53-48-18-10-8-16-46(48)51/h2-31H,1H2. The van der Waals surface area contributed by atoms with Crippen molar-refractivity contribution in [1.29, 1.82) is 0 Å². The third kappa shape index (κ3) is 4.61. The molecule has 0 bridgehead atoms. The van der Waals surface area contributed by atoms with Gasteiger partial charge in [-0.1, -0.05) is 140 Å². The molecular formula is C50H32N2S. The van der Waals surface area contributed by atoms with E-state index in [0.717, 1.165) is 16.9 Å². The molecule has 11 rings (SSSR count). The van der Waals surface area contributed by atoms with Gasteiger partial charge >= 0.3 is 0 Å². The average Bonchev–Trinajstić information content (AvgIpc) is 3.71. The van der Waals surface area contributed by atoms with Crippen molar-refractivity contribution in [2.24, 2.45) is 0 Å². The zero-order valence-corrected chi connectivity index (χ0v) is 29.6. The molecule has 2 aliphatic rings. The molecule has 0 radical (unpaired) electrons. The first-order valence-corrected chi connectivity index (χ1v) is 18.9. The first kappa shape index (κ1) is 30.1. The number of anilines is 3. The topological polar surface area (TPSA) is 8.17 Å². The molecule has 2 nitrogen and oxygen atoms in total. The first-order chi connectivity index (χ1) is 26.2. The Kier molecular flexibility index (Phi) is 6.67. The minimum Gasteiger partial charge on any atom is -0.309 e. The van der Waals surface area contributed by atoms with Crippen LogP contribution in [0.15, 0.2) is 198 Å². The van der Waals surface area contributed by atoms with Gasteiger partial charge in [0.05, 0.1) is 22.4 Å². The Morgan fingerprint density at radius 1 is 0.415 bits per heavy atom. The van der Waals surface area contributed by atoms with Crippen LogP contribution in [0.3, 0.4) is 0 Å². The molecule has 0 saturated heterocycles. The molecular weight excluding hydrogens is 661 g/mol. The summed E-state index contributed by atoms with van der Waals surface area (Å²) >= 11 is 1.84. The van der Waals surface area contributed by atoms with Crippen LogP contribution in [0.2, 0.25) is 0 Å². The zero-order valence-electron chi connectivity index (χ0n) is 28.8. The van der Waals surface area contributed by atoms with Gasteiger partial charge in [-0.3, -0.25) is 0 Å². The van der Waals surface area contributed by atoms with Gasteiger partial charge in [0.2, 0.25) is 0 Å². The summed E-state index contributed by atoms with van der Waals surface area (Å²) < 4.78 is 2.45. The molecule has 0 atom stereocenters. The van der Waals surface area contributed by atoms with E-state index in [4.69, 9.17) is 0 Å². The maximum atomic E-state index is 4.67. The smallest absolute Gasteiger partial charge is 0.0625 e. The van der Waals surface area contributed by atoms with E-state index >= 15 is 0 Å². The van der Waals surface area contributed by atoms with Crippen LogP contribution < -0.4 is 4.90 Å². The highest BCUT2D eigenvalue weighted by atomic mass is 32.2. The minimum atomic E-state index is 1.08. The van der Waals surface area contributed by atoms with Crippen LogP contribution in [0.25, 0.3) is 66.4 Å². The van der Waals surface area contributed by atoms with Crippen LogP contribution >= 0.6 is 11.8 Å². The monoisotopic (exact) mass is 692 g/mol. The van der Waals surface area contributed by atoms with Crippen molar-refractivity contribution in [2.75, 3.05) is 4.90 Å². The summed E-state index contributed by atoms with van der Waals surface area (Å²) in [6.07, 6.45) is 0. The number of hydrogen-bond acceptors (Lipinski definition) is 2. The van der Waals surface area contributed by atoms with Crippen molar-refractivity contribution in [2.45, 2.75) is 9.79 Å². The largest absolute Gasteiger partial charge is 0.309 e. The van der Waals surface area contributed by atoms with Gasteiger partial charge in [-0.05, 0) is 105 Å². The lowest BCUT2D eigenvalue weighted by molar-refractivity contribution is 1.17. The fourth-order valence-electron chi connectivity index (χ4n) is 8.42. The predicted molar refractivity (Wildman–Crippen MR) is 224 cm³/mol. The molecule has 1 aromatic heterocycles. The fraction of sp³-hybridized carbons (Fsp3) is 0. The molecule has 53 heavy (non-hydrogen) atoms. The summed E-state index contributed by atoms with van der Waals surface area (Å²) in [5.41, 5.74) is 17.9. The quantitative estimate of drug-likeness (QED) is 0.181. The van der Waals surface area contributed by atoms with Gasteiger partial charge in [0.25, 0.3) is 0 Å². The molecule has 3 heteroatoms. The summed E-state index contributed by atoms with van der Waals surface area (Å²) in [4.78, 5) is 4.92. The normalized spacial score (nSPS) is 12.8. The van der Waals surface area contributed by atoms with E-state index in [1.54, 1.807) is 0 Å². The Morgan fingerprint density at radius 2 is 0.981 bits per heavy atom. The molecule has 0 unspecified atom stereocenters. The second-order valence-corrected chi connectivity index (χ2v) is 14.9. The summed E-state index contributed by atoms with van der Waals surface area (Å²) in [6.45, 7) is 4.67. The van der Waals surface area contributed by atoms with Gasteiger partial charge in [0.15, 0.2) is 0 Å². The number of fused-ring (bicyclic) bond motifs is 9. The molecule has 0 fully saturated rings. The molecule has 0 amide bonds. The predicted octanol–water partition coefficient (Wildman–Crippen LogP) is 14.1. The Balaban J connectivity index is 1.06. The highest BCUT2D eigenvalue weighted by Crippen LogP contribution is 2.52. The second-order valence-electron chi connectivity index (χ2n) is 13.8. The lowest BCUT2D eigenvalue weighted by Crippen LogP contribution is -2.14. The molecule has 0 saturated carbocycles. The van der Waals surface area contributed by atoms with Crippen LogP contribution in [0.1, 0.15) is 11.1 Å². The zero-order chi connectivity index (χ0) is 35.0. The number of benzene rings is 8. The Bertz CT molecular complexity index is 2870. The molecule has 0 spiro atoms. The van der Waals surface area contributed by atoms with E-state index in [9.17, 15) is 0 Å². The number of nitrogens with zero attached hydrogens (tertiary/aromatic N) is 2. The summed E-state index contributed by atoms with van der Waals surface area (Å²) in [5, 5.41) is 2.47. The van der Waals surface area contributed by atoms with Gasteiger partial charge in [-0.2, -0.15) is 0 Å². The lowest BCUT2D eigenvalue weighted by atomic mass is 9.99. The SMILES string of the molecule is C=C1c2ccccc2-c2ccc3c4cc(-c5ccc(N6c7ccccc7Sc7ccccc76)cc5)ccc4n(-c4ccc(-c5ccccc5)cc4)c3c21.